The lowest BCUT2D eigenvalue weighted by Gasteiger charge is -2.25. The van der Waals surface area contributed by atoms with E-state index in [-0.39, 0.29) is 5.92 Å². The Morgan fingerprint density at radius 3 is 2.25 bits per heavy atom. The summed E-state index contributed by atoms with van der Waals surface area (Å²) in [6.45, 7) is 10.4. The zero-order valence-corrected chi connectivity index (χ0v) is 22.9. The summed E-state index contributed by atoms with van der Waals surface area (Å²) in [4.78, 5) is 0. The Morgan fingerprint density at radius 1 is 0.944 bits per heavy atom. The standard InChI is InChI=1S/C29H48O7/c1-5-6-7-10-25-21-27(30)29(26-11-8-9-23(2)20-26)28(22-25)36-24(3)35-19-18-34-17-16-33-15-14-32-13-12-31-4/h20-22,24,26,30H,5-19H2,1-4H3. The average Bonchev–Trinajstić information content (AvgIpc) is 2.85. The summed E-state index contributed by atoms with van der Waals surface area (Å²) in [6, 6.07) is 4.01. The molecule has 1 aliphatic rings. The first-order valence-electron chi connectivity index (χ1n) is 13.6. The molecule has 0 radical (unpaired) electrons. The molecule has 206 valence electrons. The van der Waals surface area contributed by atoms with Gasteiger partial charge in [-0.05, 0) is 63.6 Å². The maximum Gasteiger partial charge on any atom is 0.197 e. The largest absolute Gasteiger partial charge is 0.507 e. The molecule has 1 N–H and O–H groups in total. The van der Waals surface area contributed by atoms with Gasteiger partial charge in [-0.2, -0.15) is 0 Å². The number of unbranched alkanes of at least 4 members (excludes halogenated alkanes) is 2. The second-order valence-electron chi connectivity index (χ2n) is 9.38. The van der Waals surface area contributed by atoms with Gasteiger partial charge in [0, 0.05) is 18.6 Å². The number of hydrogen-bond acceptors (Lipinski definition) is 7. The lowest BCUT2D eigenvalue weighted by Crippen LogP contribution is -2.21. The van der Waals surface area contributed by atoms with Gasteiger partial charge in [-0.3, -0.25) is 0 Å². The maximum atomic E-state index is 11.0. The molecule has 0 heterocycles. The first-order chi connectivity index (χ1) is 17.5. The third-order valence-electron chi connectivity index (χ3n) is 6.24. The molecule has 0 saturated heterocycles. The van der Waals surface area contributed by atoms with Crippen molar-refractivity contribution < 1.29 is 33.5 Å². The highest BCUT2D eigenvalue weighted by molar-refractivity contribution is 5.51. The van der Waals surface area contributed by atoms with Crippen LogP contribution in [0.25, 0.3) is 0 Å². The quantitative estimate of drug-likeness (QED) is 0.136. The number of phenolic OH excluding ortho intramolecular Hbond substituents is 1. The molecule has 1 aliphatic carbocycles. The minimum absolute atomic E-state index is 0.166. The van der Waals surface area contributed by atoms with E-state index in [2.05, 4.69) is 26.0 Å². The van der Waals surface area contributed by atoms with Crippen LogP contribution in [0.1, 0.15) is 76.3 Å². The van der Waals surface area contributed by atoms with Crippen LogP contribution in [0.3, 0.4) is 0 Å². The van der Waals surface area contributed by atoms with Gasteiger partial charge in [-0.15, -0.1) is 0 Å². The Bertz CT molecular complexity index is 749. The molecule has 0 spiro atoms. The highest BCUT2D eigenvalue weighted by Crippen LogP contribution is 2.42. The second kappa shape index (κ2) is 18.6. The molecule has 2 atom stereocenters. The summed E-state index contributed by atoms with van der Waals surface area (Å²) < 4.78 is 33.4. The fourth-order valence-corrected chi connectivity index (χ4v) is 4.37. The molecular formula is C29H48O7. The van der Waals surface area contributed by atoms with Gasteiger partial charge in [0.15, 0.2) is 6.29 Å². The van der Waals surface area contributed by atoms with E-state index in [0.717, 1.165) is 49.0 Å². The van der Waals surface area contributed by atoms with Crippen LogP contribution in [-0.2, 0) is 30.1 Å². The van der Waals surface area contributed by atoms with Crippen LogP contribution < -0.4 is 4.74 Å². The van der Waals surface area contributed by atoms with Crippen molar-refractivity contribution in [2.24, 2.45) is 0 Å². The monoisotopic (exact) mass is 508 g/mol. The summed E-state index contributed by atoms with van der Waals surface area (Å²) in [5, 5.41) is 11.0. The molecule has 1 aromatic rings. The van der Waals surface area contributed by atoms with E-state index in [0.29, 0.717) is 58.6 Å². The number of allylic oxidation sites excluding steroid dienone is 2. The van der Waals surface area contributed by atoms with Crippen LogP contribution in [0.15, 0.2) is 23.8 Å². The molecule has 0 fully saturated rings. The number of methoxy groups -OCH3 is 1. The van der Waals surface area contributed by atoms with E-state index in [1.807, 2.05) is 13.0 Å². The van der Waals surface area contributed by atoms with E-state index in [1.54, 1.807) is 7.11 Å². The van der Waals surface area contributed by atoms with Gasteiger partial charge < -0.3 is 33.5 Å². The molecule has 7 heteroatoms. The average molecular weight is 509 g/mol. The van der Waals surface area contributed by atoms with Crippen LogP contribution in [0.5, 0.6) is 11.5 Å². The summed E-state index contributed by atoms with van der Waals surface area (Å²) in [6.07, 6.45) is 9.46. The van der Waals surface area contributed by atoms with Crippen molar-refractivity contribution in [2.75, 3.05) is 60.0 Å². The van der Waals surface area contributed by atoms with Gasteiger partial charge in [0.1, 0.15) is 11.5 Å². The molecule has 0 aromatic heterocycles. The van der Waals surface area contributed by atoms with Gasteiger partial charge in [0.2, 0.25) is 0 Å². The first kappa shape index (κ1) is 30.6. The van der Waals surface area contributed by atoms with Crippen molar-refractivity contribution >= 4 is 0 Å². The molecular weight excluding hydrogens is 460 g/mol. The van der Waals surface area contributed by atoms with Gasteiger partial charge in [0.25, 0.3) is 0 Å². The van der Waals surface area contributed by atoms with Crippen LogP contribution in [0.2, 0.25) is 0 Å². The predicted octanol–water partition coefficient (Wildman–Crippen LogP) is 5.78. The highest BCUT2D eigenvalue weighted by Gasteiger charge is 2.23. The number of benzene rings is 1. The number of aromatic hydroxyl groups is 1. The molecule has 36 heavy (non-hydrogen) atoms. The Morgan fingerprint density at radius 2 is 1.61 bits per heavy atom. The van der Waals surface area contributed by atoms with Crippen molar-refractivity contribution in [1.29, 1.82) is 0 Å². The van der Waals surface area contributed by atoms with Crippen LogP contribution in [-0.4, -0.2) is 71.4 Å². The molecule has 1 aromatic carbocycles. The van der Waals surface area contributed by atoms with Gasteiger partial charge in [-0.1, -0.05) is 31.4 Å². The number of rotatable bonds is 20. The zero-order chi connectivity index (χ0) is 26.0. The zero-order valence-electron chi connectivity index (χ0n) is 22.9. The fourth-order valence-electron chi connectivity index (χ4n) is 4.37. The third kappa shape index (κ3) is 12.1. The Labute approximate surface area is 218 Å². The van der Waals surface area contributed by atoms with Crippen molar-refractivity contribution in [3.05, 3.63) is 34.9 Å². The maximum absolute atomic E-state index is 11.0. The molecule has 2 rings (SSSR count). The summed E-state index contributed by atoms with van der Waals surface area (Å²) in [7, 11) is 1.65. The van der Waals surface area contributed by atoms with Crippen molar-refractivity contribution in [2.45, 2.75) is 77.9 Å². The van der Waals surface area contributed by atoms with E-state index < -0.39 is 6.29 Å². The predicted molar refractivity (Wildman–Crippen MR) is 142 cm³/mol. The Kier molecular flexibility index (Phi) is 15.8. The van der Waals surface area contributed by atoms with Gasteiger partial charge >= 0.3 is 0 Å². The Hall–Kier alpha value is -1.64. The number of phenols is 1. The normalized spacial score (nSPS) is 16.7. The summed E-state index contributed by atoms with van der Waals surface area (Å²) in [5.74, 6) is 1.22. The van der Waals surface area contributed by atoms with E-state index in [4.69, 9.17) is 28.4 Å². The Balaban J connectivity index is 1.80. The van der Waals surface area contributed by atoms with Gasteiger partial charge in [0.05, 0.1) is 52.9 Å². The van der Waals surface area contributed by atoms with E-state index >= 15 is 0 Å². The van der Waals surface area contributed by atoms with Crippen LogP contribution >= 0.6 is 0 Å². The van der Waals surface area contributed by atoms with Crippen LogP contribution in [0, 0.1) is 0 Å². The number of ether oxygens (including phenoxy) is 6. The fraction of sp³-hybridized carbons (Fsp3) is 0.724. The second-order valence-corrected chi connectivity index (χ2v) is 9.38. The van der Waals surface area contributed by atoms with E-state index in [1.165, 1.54) is 18.4 Å². The van der Waals surface area contributed by atoms with Crippen molar-refractivity contribution in [3.63, 3.8) is 0 Å². The molecule has 0 saturated carbocycles. The van der Waals surface area contributed by atoms with Crippen molar-refractivity contribution in [1.82, 2.24) is 0 Å². The lowest BCUT2D eigenvalue weighted by atomic mass is 9.84. The summed E-state index contributed by atoms with van der Waals surface area (Å²) in [5.41, 5.74) is 3.35. The van der Waals surface area contributed by atoms with Gasteiger partial charge in [-0.25, -0.2) is 0 Å². The van der Waals surface area contributed by atoms with E-state index in [9.17, 15) is 5.11 Å². The minimum atomic E-state index is -0.452. The minimum Gasteiger partial charge on any atom is -0.507 e. The SMILES string of the molecule is CCCCCc1cc(O)c(C2C=C(C)CCC2)c(OC(C)OCCOCCOCCOCCOC)c1. The highest BCUT2D eigenvalue weighted by atomic mass is 16.7. The summed E-state index contributed by atoms with van der Waals surface area (Å²) >= 11 is 0. The smallest absolute Gasteiger partial charge is 0.197 e. The molecule has 0 amide bonds. The first-order valence-corrected chi connectivity index (χ1v) is 13.6. The molecule has 0 aliphatic heterocycles. The lowest BCUT2D eigenvalue weighted by molar-refractivity contribution is -0.0871. The molecule has 7 nitrogen and oxygen atoms in total. The third-order valence-corrected chi connectivity index (χ3v) is 6.24. The molecule has 2 unspecified atom stereocenters. The number of hydrogen-bond donors (Lipinski definition) is 1. The topological polar surface area (TPSA) is 75.6 Å². The number of aryl methyl sites for hydroxylation is 1. The van der Waals surface area contributed by atoms with Crippen molar-refractivity contribution in [3.8, 4) is 11.5 Å². The van der Waals surface area contributed by atoms with Crippen LogP contribution in [0.4, 0.5) is 0 Å². The molecule has 0 bridgehead atoms.